The number of hydrogen-bond donors (Lipinski definition) is 2. The summed E-state index contributed by atoms with van der Waals surface area (Å²) < 4.78 is 1.21. The van der Waals surface area contributed by atoms with Gasteiger partial charge in [-0.2, -0.15) is 0 Å². The van der Waals surface area contributed by atoms with Crippen LogP contribution in [0.5, 0.6) is 0 Å². The summed E-state index contributed by atoms with van der Waals surface area (Å²) >= 11 is 1.27. The third kappa shape index (κ3) is 2.24. The maximum Gasteiger partial charge on any atom is 0.304 e. The van der Waals surface area contributed by atoms with Crippen molar-refractivity contribution in [2.24, 2.45) is 0 Å². The number of nitrogens with one attached hydrogen (secondary N) is 2. The van der Waals surface area contributed by atoms with E-state index in [9.17, 15) is 9.59 Å². The summed E-state index contributed by atoms with van der Waals surface area (Å²) in [7, 11) is 0. The monoisotopic (exact) mass is 287 g/mol. The number of benzene rings is 1. The van der Waals surface area contributed by atoms with Crippen LogP contribution in [0.2, 0.25) is 0 Å². The van der Waals surface area contributed by atoms with E-state index >= 15 is 0 Å². The number of rotatable bonds is 3. The van der Waals surface area contributed by atoms with Crippen LogP contribution in [0.15, 0.2) is 46.7 Å². The number of aromatic nitrogens is 4. The summed E-state index contributed by atoms with van der Waals surface area (Å²) in [5, 5.41) is 11.0. The number of carbonyl (C=O) groups is 1. The van der Waals surface area contributed by atoms with Gasteiger partial charge in [-0.15, -0.1) is 16.4 Å². The molecule has 0 aliphatic rings. The van der Waals surface area contributed by atoms with Gasteiger partial charge in [-0.3, -0.25) is 14.9 Å². The van der Waals surface area contributed by atoms with Crippen LogP contribution in [0.3, 0.4) is 0 Å². The fourth-order valence-electron chi connectivity index (χ4n) is 1.64. The van der Waals surface area contributed by atoms with E-state index in [-0.39, 0.29) is 5.69 Å². The molecule has 0 aliphatic heterocycles. The van der Waals surface area contributed by atoms with E-state index in [1.807, 2.05) is 6.07 Å². The molecule has 0 spiro atoms. The Kier molecular flexibility index (Phi) is 3.13. The number of hydrogen-bond acceptors (Lipinski definition) is 5. The second-order valence-corrected chi connectivity index (χ2v) is 4.72. The zero-order valence-electron chi connectivity index (χ0n) is 10.1. The number of H-pyrrole nitrogens is 1. The average Bonchev–Trinajstić information content (AvgIpc) is 3.09. The molecule has 2 N–H and O–H groups in total. The molecular formula is C12H9N5O2S. The molecule has 0 atom stereocenters. The second kappa shape index (κ2) is 5.10. The Morgan fingerprint density at radius 3 is 2.80 bits per heavy atom. The highest BCUT2D eigenvalue weighted by molar-refractivity contribution is 7.13. The first kappa shape index (κ1) is 12.3. The topological polar surface area (TPSA) is 92.7 Å². The van der Waals surface area contributed by atoms with Crippen molar-refractivity contribution < 1.29 is 4.79 Å². The van der Waals surface area contributed by atoms with E-state index in [1.165, 1.54) is 16.0 Å². The summed E-state index contributed by atoms with van der Waals surface area (Å²) in [6.07, 6.45) is 1.56. The molecule has 7 nitrogen and oxygen atoms in total. The molecule has 1 aromatic carbocycles. The molecule has 1 amide bonds. The smallest absolute Gasteiger partial charge is 0.296 e. The van der Waals surface area contributed by atoms with E-state index in [1.54, 1.807) is 35.8 Å². The zero-order chi connectivity index (χ0) is 13.9. The lowest BCUT2D eigenvalue weighted by Gasteiger charge is -1.98. The first-order chi connectivity index (χ1) is 9.75. The molecule has 3 rings (SSSR count). The van der Waals surface area contributed by atoms with Crippen LogP contribution in [0.1, 0.15) is 10.5 Å². The summed E-state index contributed by atoms with van der Waals surface area (Å²) in [6.45, 7) is 0. The zero-order valence-corrected chi connectivity index (χ0v) is 10.9. The minimum Gasteiger partial charge on any atom is -0.296 e. The van der Waals surface area contributed by atoms with Gasteiger partial charge in [0.2, 0.25) is 5.69 Å². The number of aromatic amines is 1. The van der Waals surface area contributed by atoms with Crippen LogP contribution in [0.4, 0.5) is 5.13 Å². The molecule has 0 saturated heterocycles. The molecule has 20 heavy (non-hydrogen) atoms. The quantitative estimate of drug-likeness (QED) is 0.758. The van der Waals surface area contributed by atoms with Crippen LogP contribution in [0.25, 0.3) is 5.69 Å². The highest BCUT2D eigenvalue weighted by atomic mass is 32.1. The molecule has 2 heterocycles. The van der Waals surface area contributed by atoms with Crippen LogP contribution in [-0.2, 0) is 0 Å². The fraction of sp³-hybridized carbons (Fsp3) is 0. The average molecular weight is 287 g/mol. The number of para-hydroxylation sites is 1. The van der Waals surface area contributed by atoms with Crippen molar-refractivity contribution in [2.75, 3.05) is 5.32 Å². The standard InChI is InChI=1S/C12H9N5O2S/c18-10(14-12-13-6-7-20-12)9-11(19)17(16-15-9)8-4-2-1-3-5-8/h1-7,16H,(H,13,14,18). The molecule has 8 heteroatoms. The number of anilines is 1. The van der Waals surface area contributed by atoms with Gasteiger partial charge in [0, 0.05) is 11.6 Å². The Balaban J connectivity index is 1.91. The van der Waals surface area contributed by atoms with E-state index in [0.717, 1.165) is 0 Å². The van der Waals surface area contributed by atoms with E-state index in [4.69, 9.17) is 0 Å². The van der Waals surface area contributed by atoms with Gasteiger partial charge in [0.05, 0.1) is 5.69 Å². The Bertz CT molecular complexity index is 776. The lowest BCUT2D eigenvalue weighted by molar-refractivity contribution is 0.102. The van der Waals surface area contributed by atoms with Gasteiger partial charge >= 0.3 is 5.56 Å². The van der Waals surface area contributed by atoms with Crippen molar-refractivity contribution in [1.82, 2.24) is 20.0 Å². The summed E-state index contributed by atoms with van der Waals surface area (Å²) in [5.41, 5.74) is -0.104. The lowest BCUT2D eigenvalue weighted by Crippen LogP contribution is -2.24. The van der Waals surface area contributed by atoms with E-state index < -0.39 is 11.5 Å². The first-order valence-electron chi connectivity index (χ1n) is 5.69. The Labute approximate surface area is 116 Å². The van der Waals surface area contributed by atoms with Crippen LogP contribution >= 0.6 is 11.3 Å². The summed E-state index contributed by atoms with van der Waals surface area (Å²) in [4.78, 5) is 28.0. The van der Waals surface area contributed by atoms with Gasteiger partial charge < -0.3 is 0 Å². The minimum absolute atomic E-state index is 0.205. The lowest BCUT2D eigenvalue weighted by atomic mass is 10.3. The summed E-state index contributed by atoms with van der Waals surface area (Å²) in [5.74, 6) is -0.587. The Hall–Kier alpha value is -2.74. The van der Waals surface area contributed by atoms with Crippen molar-refractivity contribution in [2.45, 2.75) is 0 Å². The molecule has 2 aromatic heterocycles. The SMILES string of the molecule is O=C(Nc1nccs1)c1n[nH]n(-c2ccccc2)c1=O. The highest BCUT2D eigenvalue weighted by Gasteiger charge is 2.18. The predicted octanol–water partition coefficient (Wildman–Crippen LogP) is 1.27. The summed E-state index contributed by atoms with van der Waals surface area (Å²) in [6, 6.07) is 8.89. The van der Waals surface area contributed by atoms with E-state index in [2.05, 4.69) is 20.6 Å². The number of thiazole rings is 1. The number of carbonyl (C=O) groups excluding carboxylic acids is 1. The van der Waals surface area contributed by atoms with Crippen LogP contribution < -0.4 is 10.9 Å². The van der Waals surface area contributed by atoms with Crippen LogP contribution in [-0.4, -0.2) is 25.9 Å². The van der Waals surface area contributed by atoms with Gasteiger partial charge in [-0.05, 0) is 12.1 Å². The van der Waals surface area contributed by atoms with Gasteiger partial charge in [-0.1, -0.05) is 18.2 Å². The number of amides is 1. The van der Waals surface area contributed by atoms with Crippen molar-refractivity contribution in [1.29, 1.82) is 0 Å². The second-order valence-electron chi connectivity index (χ2n) is 3.83. The number of nitrogens with zero attached hydrogens (tertiary/aromatic N) is 3. The predicted molar refractivity (Wildman–Crippen MR) is 74.3 cm³/mol. The van der Waals surface area contributed by atoms with Gasteiger partial charge in [0.1, 0.15) is 0 Å². The maximum absolute atomic E-state index is 12.1. The van der Waals surface area contributed by atoms with Crippen molar-refractivity contribution in [3.8, 4) is 5.69 Å². The van der Waals surface area contributed by atoms with E-state index in [0.29, 0.717) is 10.8 Å². The normalized spacial score (nSPS) is 10.4. The molecule has 0 saturated carbocycles. The molecule has 0 aliphatic carbocycles. The minimum atomic E-state index is -0.587. The maximum atomic E-state index is 12.1. The van der Waals surface area contributed by atoms with Crippen molar-refractivity contribution >= 4 is 22.4 Å². The van der Waals surface area contributed by atoms with Gasteiger partial charge in [-0.25, -0.2) is 14.9 Å². The Morgan fingerprint density at radius 2 is 2.10 bits per heavy atom. The van der Waals surface area contributed by atoms with Gasteiger partial charge in [0.25, 0.3) is 5.91 Å². The molecule has 3 aromatic rings. The first-order valence-corrected chi connectivity index (χ1v) is 6.57. The molecule has 100 valence electrons. The molecule has 0 bridgehead atoms. The molecule has 0 unspecified atom stereocenters. The largest absolute Gasteiger partial charge is 0.304 e. The Morgan fingerprint density at radius 1 is 1.30 bits per heavy atom. The van der Waals surface area contributed by atoms with Crippen LogP contribution in [0, 0.1) is 0 Å². The van der Waals surface area contributed by atoms with Crippen molar-refractivity contribution in [3.63, 3.8) is 0 Å². The molecular weight excluding hydrogens is 278 g/mol. The molecule has 0 fully saturated rings. The highest BCUT2D eigenvalue weighted by Crippen LogP contribution is 2.10. The van der Waals surface area contributed by atoms with Gasteiger partial charge in [0.15, 0.2) is 5.13 Å². The third-order valence-electron chi connectivity index (χ3n) is 2.55. The fourth-order valence-corrected chi connectivity index (χ4v) is 2.16. The van der Waals surface area contributed by atoms with Crippen molar-refractivity contribution in [3.05, 3.63) is 58.0 Å². The molecule has 0 radical (unpaired) electrons. The third-order valence-corrected chi connectivity index (χ3v) is 3.24.